The number of carbonyl (C=O) groups is 3. The van der Waals surface area contributed by atoms with Gasteiger partial charge in [0.05, 0.1) is 41.4 Å². The van der Waals surface area contributed by atoms with Crippen molar-refractivity contribution in [1.29, 1.82) is 0 Å². The first-order valence-corrected chi connectivity index (χ1v) is 12.5. The number of imide groups is 1. The Balaban J connectivity index is 1.27. The summed E-state index contributed by atoms with van der Waals surface area (Å²) in [7, 11) is 0. The summed E-state index contributed by atoms with van der Waals surface area (Å²) in [6, 6.07) is 18.8. The standard InChI is InChI=1S/C28H21N3O5S/c1-17-6-11-21-24(14-17)37-26(29-21)18-7-9-19(10-8-18)31-25(32)15-22(27(31)33)30(16-20-4-2-12-35-20)28(34)23-5-3-13-36-23/h2-14,22H,15-16H2,1H3. The fourth-order valence-electron chi connectivity index (χ4n) is 4.47. The van der Waals surface area contributed by atoms with E-state index in [2.05, 4.69) is 6.07 Å². The minimum atomic E-state index is -0.984. The van der Waals surface area contributed by atoms with E-state index in [4.69, 9.17) is 13.8 Å². The molecule has 1 fully saturated rings. The fraction of sp³-hybridized carbons (Fsp3) is 0.143. The summed E-state index contributed by atoms with van der Waals surface area (Å²) in [6.07, 6.45) is 2.75. The Labute approximate surface area is 215 Å². The third-order valence-corrected chi connectivity index (χ3v) is 7.38. The molecule has 1 atom stereocenters. The predicted octanol–water partition coefficient (Wildman–Crippen LogP) is 5.43. The number of rotatable bonds is 6. The van der Waals surface area contributed by atoms with E-state index in [1.54, 1.807) is 41.7 Å². The number of hydrogen-bond donors (Lipinski definition) is 0. The van der Waals surface area contributed by atoms with Gasteiger partial charge >= 0.3 is 0 Å². The van der Waals surface area contributed by atoms with E-state index in [1.165, 1.54) is 29.1 Å². The molecule has 5 aromatic rings. The Kier molecular flexibility index (Phi) is 5.69. The molecule has 1 aliphatic rings. The van der Waals surface area contributed by atoms with Crippen molar-refractivity contribution in [1.82, 2.24) is 9.88 Å². The van der Waals surface area contributed by atoms with E-state index in [1.807, 2.05) is 31.2 Å². The maximum absolute atomic E-state index is 13.5. The number of anilines is 1. The fourth-order valence-corrected chi connectivity index (χ4v) is 5.54. The molecule has 4 heterocycles. The maximum Gasteiger partial charge on any atom is 0.290 e. The highest BCUT2D eigenvalue weighted by Crippen LogP contribution is 2.33. The number of benzene rings is 2. The number of furan rings is 2. The molecule has 0 N–H and O–H groups in total. The molecular weight excluding hydrogens is 490 g/mol. The number of carbonyl (C=O) groups excluding carboxylic acids is 3. The van der Waals surface area contributed by atoms with Crippen molar-refractivity contribution in [2.45, 2.75) is 25.9 Å². The Hall–Kier alpha value is -4.50. The molecule has 9 heteroatoms. The second kappa shape index (κ2) is 9.18. The predicted molar refractivity (Wildman–Crippen MR) is 138 cm³/mol. The molecule has 0 aliphatic carbocycles. The van der Waals surface area contributed by atoms with Gasteiger partial charge in [-0.1, -0.05) is 6.07 Å². The van der Waals surface area contributed by atoms with Crippen LogP contribution in [0.3, 0.4) is 0 Å². The van der Waals surface area contributed by atoms with Gasteiger partial charge in [-0.15, -0.1) is 11.3 Å². The van der Waals surface area contributed by atoms with Gasteiger partial charge in [-0.25, -0.2) is 9.88 Å². The summed E-state index contributed by atoms with van der Waals surface area (Å²) in [4.78, 5) is 46.9. The van der Waals surface area contributed by atoms with Gasteiger partial charge < -0.3 is 13.7 Å². The molecule has 1 saturated heterocycles. The number of aryl methyl sites for hydroxylation is 1. The first kappa shape index (κ1) is 22.9. The van der Waals surface area contributed by atoms with Gasteiger partial charge in [0.25, 0.3) is 11.8 Å². The molecule has 3 aromatic heterocycles. The van der Waals surface area contributed by atoms with Crippen LogP contribution in [-0.2, 0) is 16.1 Å². The van der Waals surface area contributed by atoms with Crippen LogP contribution in [0, 0.1) is 6.92 Å². The number of aromatic nitrogens is 1. The third kappa shape index (κ3) is 4.23. The van der Waals surface area contributed by atoms with Gasteiger partial charge in [-0.05, 0) is 73.2 Å². The summed E-state index contributed by atoms with van der Waals surface area (Å²) in [5, 5.41) is 0.859. The van der Waals surface area contributed by atoms with E-state index in [9.17, 15) is 14.4 Å². The maximum atomic E-state index is 13.5. The van der Waals surface area contributed by atoms with E-state index in [0.717, 1.165) is 25.7 Å². The van der Waals surface area contributed by atoms with Gasteiger partial charge in [0.15, 0.2) is 5.76 Å². The summed E-state index contributed by atoms with van der Waals surface area (Å²) >= 11 is 1.59. The van der Waals surface area contributed by atoms with Crippen LogP contribution in [0.15, 0.2) is 88.1 Å². The van der Waals surface area contributed by atoms with Crippen LogP contribution in [0.2, 0.25) is 0 Å². The lowest BCUT2D eigenvalue weighted by atomic mass is 10.1. The number of thiazole rings is 1. The Morgan fingerprint density at radius 1 is 1.05 bits per heavy atom. The monoisotopic (exact) mass is 511 g/mol. The third-order valence-electron chi connectivity index (χ3n) is 6.31. The molecular formula is C28H21N3O5S. The van der Waals surface area contributed by atoms with Gasteiger partial charge in [0.1, 0.15) is 16.8 Å². The molecule has 0 saturated carbocycles. The van der Waals surface area contributed by atoms with Crippen molar-refractivity contribution in [3.63, 3.8) is 0 Å². The summed E-state index contributed by atoms with van der Waals surface area (Å²) in [6.45, 7) is 2.07. The molecule has 184 valence electrons. The molecule has 1 aliphatic heterocycles. The van der Waals surface area contributed by atoms with Crippen molar-refractivity contribution >= 4 is 45.0 Å². The number of fused-ring (bicyclic) bond motifs is 1. The molecule has 1 unspecified atom stereocenters. The zero-order valence-electron chi connectivity index (χ0n) is 19.8. The zero-order chi connectivity index (χ0) is 25.5. The van der Waals surface area contributed by atoms with Gasteiger partial charge in [0.2, 0.25) is 5.91 Å². The van der Waals surface area contributed by atoms with Crippen LogP contribution in [0.25, 0.3) is 20.8 Å². The summed E-state index contributed by atoms with van der Waals surface area (Å²) in [5.41, 5.74) is 3.44. The Morgan fingerprint density at radius 3 is 2.57 bits per heavy atom. The Morgan fingerprint density at radius 2 is 1.84 bits per heavy atom. The molecule has 6 rings (SSSR count). The molecule has 0 spiro atoms. The Bertz CT molecular complexity index is 1600. The van der Waals surface area contributed by atoms with Crippen LogP contribution in [0.4, 0.5) is 5.69 Å². The van der Waals surface area contributed by atoms with Crippen LogP contribution in [-0.4, -0.2) is 33.6 Å². The van der Waals surface area contributed by atoms with Crippen LogP contribution >= 0.6 is 11.3 Å². The topological polar surface area (TPSA) is 96.9 Å². The van der Waals surface area contributed by atoms with Crippen LogP contribution < -0.4 is 4.90 Å². The lowest BCUT2D eigenvalue weighted by Crippen LogP contribution is -2.45. The van der Waals surface area contributed by atoms with Gasteiger partial charge in [-0.3, -0.25) is 14.4 Å². The van der Waals surface area contributed by atoms with E-state index >= 15 is 0 Å². The first-order chi connectivity index (χ1) is 18.0. The largest absolute Gasteiger partial charge is 0.467 e. The smallest absolute Gasteiger partial charge is 0.290 e. The number of hydrogen-bond acceptors (Lipinski definition) is 7. The highest BCUT2D eigenvalue weighted by Gasteiger charge is 2.45. The van der Waals surface area contributed by atoms with Crippen LogP contribution in [0.1, 0.15) is 28.3 Å². The van der Waals surface area contributed by atoms with Crippen molar-refractivity contribution in [3.05, 3.63) is 96.3 Å². The average molecular weight is 512 g/mol. The molecule has 2 aromatic carbocycles. The lowest BCUT2D eigenvalue weighted by molar-refractivity contribution is -0.122. The van der Waals surface area contributed by atoms with Crippen molar-refractivity contribution in [2.75, 3.05) is 4.90 Å². The molecule has 37 heavy (non-hydrogen) atoms. The van der Waals surface area contributed by atoms with E-state index < -0.39 is 17.9 Å². The minimum absolute atomic E-state index is 0.0279. The highest BCUT2D eigenvalue weighted by atomic mass is 32.1. The SMILES string of the molecule is Cc1ccc2nc(-c3ccc(N4C(=O)CC(N(Cc5ccco5)C(=O)c5ccco5)C4=O)cc3)sc2c1. The van der Waals surface area contributed by atoms with Crippen molar-refractivity contribution < 1.29 is 23.2 Å². The summed E-state index contributed by atoms with van der Waals surface area (Å²) < 4.78 is 11.8. The second-order valence-electron chi connectivity index (χ2n) is 8.81. The zero-order valence-corrected chi connectivity index (χ0v) is 20.6. The van der Waals surface area contributed by atoms with Gasteiger partial charge in [-0.2, -0.15) is 0 Å². The van der Waals surface area contributed by atoms with Crippen LogP contribution in [0.5, 0.6) is 0 Å². The molecule has 0 radical (unpaired) electrons. The first-order valence-electron chi connectivity index (χ1n) is 11.7. The summed E-state index contributed by atoms with van der Waals surface area (Å²) in [5.74, 6) is -0.764. The quantitative estimate of drug-likeness (QED) is 0.282. The number of nitrogens with zero attached hydrogens (tertiary/aromatic N) is 3. The second-order valence-corrected chi connectivity index (χ2v) is 9.84. The average Bonchev–Trinajstić information content (AvgIpc) is 3.70. The molecule has 8 nitrogen and oxygen atoms in total. The van der Waals surface area contributed by atoms with Crippen molar-refractivity contribution in [3.8, 4) is 10.6 Å². The highest BCUT2D eigenvalue weighted by molar-refractivity contribution is 7.21. The molecule has 0 bridgehead atoms. The number of amides is 3. The lowest BCUT2D eigenvalue weighted by Gasteiger charge is -2.26. The normalized spacial score (nSPS) is 15.6. The van der Waals surface area contributed by atoms with Crippen molar-refractivity contribution in [2.24, 2.45) is 0 Å². The molecule has 3 amide bonds. The minimum Gasteiger partial charge on any atom is -0.467 e. The van der Waals surface area contributed by atoms with E-state index in [0.29, 0.717) is 11.4 Å². The van der Waals surface area contributed by atoms with Gasteiger partial charge in [0, 0.05) is 5.56 Å². The van der Waals surface area contributed by atoms with E-state index in [-0.39, 0.29) is 24.6 Å².